The van der Waals surface area contributed by atoms with Crippen molar-refractivity contribution in [1.82, 2.24) is 29.4 Å². The number of nitrogens with zero attached hydrogens (tertiary/aromatic N) is 6. The summed E-state index contributed by atoms with van der Waals surface area (Å²) in [6.45, 7) is 0.888. The van der Waals surface area contributed by atoms with Gasteiger partial charge in [0.2, 0.25) is 0 Å². The van der Waals surface area contributed by atoms with Gasteiger partial charge in [-0.15, -0.1) is 16.4 Å². The quantitative estimate of drug-likeness (QED) is 0.536. The largest absolute Gasteiger partial charge is 0.484 e. The van der Waals surface area contributed by atoms with E-state index in [9.17, 15) is 13.2 Å². The second-order valence-corrected chi connectivity index (χ2v) is 10.3. The molecule has 158 valence electrons. The highest BCUT2D eigenvalue weighted by Crippen LogP contribution is 2.28. The fraction of sp³-hybridized carbons (Fsp3) is 0.294. The van der Waals surface area contributed by atoms with Crippen LogP contribution in [-0.2, 0) is 14.8 Å². The number of tetrazole rings is 1. The number of ether oxygens (including phenoxy) is 1. The predicted octanol–water partition coefficient (Wildman–Crippen LogP) is 1.29. The lowest BCUT2D eigenvalue weighted by atomic mass is 10.3. The van der Waals surface area contributed by atoms with E-state index in [4.69, 9.17) is 16.3 Å². The lowest BCUT2D eigenvalue weighted by Gasteiger charge is -2.33. The van der Waals surface area contributed by atoms with Gasteiger partial charge in [0.15, 0.2) is 6.61 Å². The predicted molar refractivity (Wildman–Crippen MR) is 109 cm³/mol. The van der Waals surface area contributed by atoms with Crippen molar-refractivity contribution in [2.45, 2.75) is 4.21 Å². The molecule has 1 aliphatic rings. The highest BCUT2D eigenvalue weighted by Gasteiger charge is 2.31. The molecule has 0 aliphatic carbocycles. The van der Waals surface area contributed by atoms with Gasteiger partial charge in [-0.1, -0.05) is 17.7 Å². The van der Waals surface area contributed by atoms with Crippen LogP contribution in [0, 0.1) is 0 Å². The fourth-order valence-corrected chi connectivity index (χ4v) is 6.03. The van der Waals surface area contributed by atoms with Crippen LogP contribution in [0.5, 0.6) is 5.75 Å². The molecule has 1 fully saturated rings. The first-order chi connectivity index (χ1) is 14.4. The second-order valence-electron chi connectivity index (χ2n) is 6.38. The Morgan fingerprint density at radius 1 is 1.17 bits per heavy atom. The summed E-state index contributed by atoms with van der Waals surface area (Å²) in [6.07, 6.45) is 1.46. The average Bonchev–Trinajstić information content (AvgIpc) is 3.45. The van der Waals surface area contributed by atoms with Gasteiger partial charge in [-0.2, -0.15) is 4.31 Å². The summed E-state index contributed by atoms with van der Waals surface area (Å²) in [5.41, 5.74) is 0.706. The van der Waals surface area contributed by atoms with Crippen molar-refractivity contribution in [2.75, 3.05) is 32.8 Å². The molecule has 10 nitrogen and oxygen atoms in total. The minimum absolute atomic E-state index is 0.146. The van der Waals surface area contributed by atoms with Crippen LogP contribution in [0.2, 0.25) is 4.34 Å². The molecule has 0 N–H and O–H groups in total. The Morgan fingerprint density at radius 3 is 2.63 bits per heavy atom. The second kappa shape index (κ2) is 8.68. The standard InChI is InChI=1S/C17H17ClN6O4S2/c18-15-4-5-17(29-15)30(26,27)23-8-6-22(7-9-23)16(25)11-28-14-3-1-2-13(10-14)24-12-19-20-21-24/h1-5,10,12H,6-9,11H2. The number of carbonyl (C=O) groups excluding carboxylic acids is 1. The molecule has 1 amide bonds. The molecule has 1 saturated heterocycles. The highest BCUT2D eigenvalue weighted by molar-refractivity contribution is 7.91. The highest BCUT2D eigenvalue weighted by atomic mass is 35.5. The molecule has 0 saturated carbocycles. The first-order valence-corrected chi connectivity index (χ1v) is 11.6. The van der Waals surface area contributed by atoms with Gasteiger partial charge in [-0.3, -0.25) is 4.79 Å². The third-order valence-corrected chi connectivity index (χ3v) is 8.12. The van der Waals surface area contributed by atoms with Gasteiger partial charge < -0.3 is 9.64 Å². The minimum Gasteiger partial charge on any atom is -0.484 e. The van der Waals surface area contributed by atoms with Gasteiger partial charge in [0, 0.05) is 32.2 Å². The van der Waals surface area contributed by atoms with Crippen LogP contribution in [0.1, 0.15) is 0 Å². The molecule has 3 heterocycles. The number of hydrogen-bond acceptors (Lipinski definition) is 8. The zero-order valence-electron chi connectivity index (χ0n) is 15.6. The molecule has 1 aromatic carbocycles. The molecule has 2 aromatic heterocycles. The summed E-state index contributed by atoms with van der Waals surface area (Å²) in [7, 11) is -3.59. The van der Waals surface area contributed by atoms with E-state index in [0.717, 1.165) is 11.3 Å². The SMILES string of the molecule is O=C(COc1cccc(-n2cnnn2)c1)N1CCN(S(=O)(=O)c2ccc(Cl)s2)CC1. The molecule has 30 heavy (non-hydrogen) atoms. The number of halogens is 1. The Balaban J connectivity index is 1.31. The maximum atomic E-state index is 12.7. The van der Waals surface area contributed by atoms with Crippen LogP contribution >= 0.6 is 22.9 Å². The molecule has 3 aromatic rings. The summed E-state index contributed by atoms with van der Waals surface area (Å²) in [6, 6.07) is 10.1. The van der Waals surface area contributed by atoms with Gasteiger partial charge in [-0.05, 0) is 34.7 Å². The average molecular weight is 469 g/mol. The third-order valence-electron chi connectivity index (χ3n) is 4.53. The van der Waals surface area contributed by atoms with Crippen molar-refractivity contribution < 1.29 is 17.9 Å². The number of aromatic nitrogens is 4. The first-order valence-electron chi connectivity index (χ1n) is 8.93. The van der Waals surface area contributed by atoms with Gasteiger partial charge in [0.1, 0.15) is 16.3 Å². The molecule has 0 bridgehead atoms. The first kappa shape index (κ1) is 20.7. The third kappa shape index (κ3) is 4.46. The number of benzene rings is 1. The van der Waals surface area contributed by atoms with Crippen LogP contribution in [0.4, 0.5) is 0 Å². The number of sulfonamides is 1. The van der Waals surface area contributed by atoms with E-state index in [1.807, 2.05) is 6.07 Å². The number of rotatable bonds is 6. The molecule has 1 aliphatic heterocycles. The Hall–Kier alpha value is -2.54. The van der Waals surface area contributed by atoms with Crippen molar-refractivity contribution >= 4 is 38.9 Å². The van der Waals surface area contributed by atoms with Crippen LogP contribution in [-0.4, -0.2) is 76.5 Å². The summed E-state index contributed by atoms with van der Waals surface area (Å²) >= 11 is 6.87. The topological polar surface area (TPSA) is 111 Å². The number of carbonyl (C=O) groups is 1. The maximum absolute atomic E-state index is 12.7. The van der Waals surface area contributed by atoms with E-state index in [1.165, 1.54) is 21.4 Å². The van der Waals surface area contributed by atoms with Crippen molar-refractivity contribution in [3.63, 3.8) is 0 Å². The van der Waals surface area contributed by atoms with Crippen molar-refractivity contribution in [1.29, 1.82) is 0 Å². The van der Waals surface area contributed by atoms with Crippen LogP contribution in [0.15, 0.2) is 46.9 Å². The summed E-state index contributed by atoms with van der Waals surface area (Å²) in [4.78, 5) is 14.1. The van der Waals surface area contributed by atoms with E-state index in [0.29, 0.717) is 28.9 Å². The molecule has 0 spiro atoms. The van der Waals surface area contributed by atoms with E-state index in [-0.39, 0.29) is 29.8 Å². The number of hydrogen-bond donors (Lipinski definition) is 0. The zero-order valence-corrected chi connectivity index (χ0v) is 18.0. The Labute approximate surface area is 181 Å². The molecule has 0 unspecified atom stereocenters. The molecule has 0 atom stereocenters. The summed E-state index contributed by atoms with van der Waals surface area (Å²) < 4.78 is 34.4. The van der Waals surface area contributed by atoms with Crippen molar-refractivity contribution in [3.05, 3.63) is 47.1 Å². The molecular weight excluding hydrogens is 452 g/mol. The fourth-order valence-electron chi connectivity index (χ4n) is 2.97. The number of amides is 1. The normalized spacial score (nSPS) is 15.3. The van der Waals surface area contributed by atoms with E-state index < -0.39 is 10.0 Å². The van der Waals surface area contributed by atoms with Crippen LogP contribution in [0.3, 0.4) is 0 Å². The lowest BCUT2D eigenvalue weighted by molar-refractivity contribution is -0.134. The smallest absolute Gasteiger partial charge is 0.260 e. The Bertz CT molecular complexity index is 1130. The summed E-state index contributed by atoms with van der Waals surface area (Å²) in [5, 5.41) is 11.0. The number of piperazine rings is 1. The van der Waals surface area contributed by atoms with E-state index >= 15 is 0 Å². The monoisotopic (exact) mass is 468 g/mol. The van der Waals surface area contributed by atoms with Gasteiger partial charge in [-0.25, -0.2) is 13.1 Å². The lowest BCUT2D eigenvalue weighted by Crippen LogP contribution is -2.51. The zero-order chi connectivity index (χ0) is 21.1. The maximum Gasteiger partial charge on any atom is 0.260 e. The molecule has 4 rings (SSSR count). The van der Waals surface area contributed by atoms with Crippen molar-refractivity contribution in [3.8, 4) is 11.4 Å². The molecule has 13 heteroatoms. The minimum atomic E-state index is -3.59. The van der Waals surface area contributed by atoms with Crippen molar-refractivity contribution in [2.24, 2.45) is 0 Å². The van der Waals surface area contributed by atoms with E-state index in [2.05, 4.69) is 15.5 Å². The Kier molecular flexibility index (Phi) is 5.99. The van der Waals surface area contributed by atoms with Gasteiger partial charge in [0.05, 0.1) is 10.0 Å². The Morgan fingerprint density at radius 2 is 1.97 bits per heavy atom. The molecule has 0 radical (unpaired) electrons. The van der Waals surface area contributed by atoms with Crippen LogP contribution < -0.4 is 4.74 Å². The van der Waals surface area contributed by atoms with Gasteiger partial charge >= 0.3 is 0 Å². The summed E-state index contributed by atoms with van der Waals surface area (Å²) in [5.74, 6) is 0.297. The number of thiophene rings is 1. The van der Waals surface area contributed by atoms with E-state index in [1.54, 1.807) is 29.2 Å². The molecular formula is C17H17ClN6O4S2. The van der Waals surface area contributed by atoms with Crippen LogP contribution in [0.25, 0.3) is 5.69 Å². The van der Waals surface area contributed by atoms with Gasteiger partial charge in [0.25, 0.3) is 15.9 Å².